The van der Waals surface area contributed by atoms with Crippen LogP contribution in [-0.4, -0.2) is 26.4 Å². The number of carbonyl (C=O) groups is 1. The van der Waals surface area contributed by atoms with Crippen molar-refractivity contribution in [3.8, 4) is 0 Å². The molecule has 1 atom stereocenters. The van der Waals surface area contributed by atoms with Crippen molar-refractivity contribution < 1.29 is 13.2 Å². The third-order valence-electron chi connectivity index (χ3n) is 4.92. The average Bonchev–Trinajstić information content (AvgIpc) is 2.55. The van der Waals surface area contributed by atoms with Gasteiger partial charge in [-0.1, -0.05) is 38.5 Å². The van der Waals surface area contributed by atoms with Gasteiger partial charge in [0.1, 0.15) is 6.04 Å². The summed E-state index contributed by atoms with van der Waals surface area (Å²) in [4.78, 5) is 12.8. The van der Waals surface area contributed by atoms with Crippen LogP contribution in [0.3, 0.4) is 0 Å². The fraction of sp³-hybridized carbons (Fsp3) is 0.632. The third-order valence-corrected chi connectivity index (χ3v) is 6.38. The number of sulfonamides is 1. The van der Waals surface area contributed by atoms with E-state index in [0.29, 0.717) is 5.92 Å². The quantitative estimate of drug-likeness (QED) is 0.813. The topological polar surface area (TPSA) is 75.3 Å². The maximum Gasteiger partial charge on any atom is 0.241 e. The van der Waals surface area contributed by atoms with E-state index in [1.165, 1.54) is 0 Å². The van der Waals surface area contributed by atoms with Crippen molar-refractivity contribution in [2.75, 3.05) is 0 Å². The van der Waals surface area contributed by atoms with Crippen LogP contribution in [-0.2, 0) is 14.8 Å². The number of rotatable bonds is 6. The Morgan fingerprint density at radius 2 is 1.64 bits per heavy atom. The van der Waals surface area contributed by atoms with Gasteiger partial charge in [0.25, 0.3) is 0 Å². The Labute approximate surface area is 151 Å². The first-order valence-corrected chi connectivity index (χ1v) is 10.6. The summed E-state index contributed by atoms with van der Waals surface area (Å²) in [7, 11) is -3.73. The second-order valence-corrected chi connectivity index (χ2v) is 9.34. The molecule has 0 saturated heterocycles. The van der Waals surface area contributed by atoms with E-state index in [9.17, 15) is 13.2 Å². The largest absolute Gasteiger partial charge is 0.352 e. The van der Waals surface area contributed by atoms with Crippen LogP contribution in [0.5, 0.6) is 0 Å². The van der Waals surface area contributed by atoms with E-state index < -0.39 is 16.1 Å². The summed E-state index contributed by atoms with van der Waals surface area (Å²) in [6.07, 6.45) is 4.13. The van der Waals surface area contributed by atoms with E-state index in [1.54, 1.807) is 24.3 Å². The van der Waals surface area contributed by atoms with Crippen molar-refractivity contribution in [1.82, 2.24) is 10.0 Å². The Morgan fingerprint density at radius 1 is 1.08 bits per heavy atom. The molecular weight excluding hydrogens is 336 g/mol. The van der Waals surface area contributed by atoms with Crippen molar-refractivity contribution in [2.24, 2.45) is 11.8 Å². The molecule has 0 unspecified atom stereocenters. The van der Waals surface area contributed by atoms with Crippen molar-refractivity contribution >= 4 is 15.9 Å². The maximum absolute atomic E-state index is 12.7. The molecule has 1 fully saturated rings. The maximum atomic E-state index is 12.7. The molecule has 2 N–H and O–H groups in total. The summed E-state index contributed by atoms with van der Waals surface area (Å²) in [6, 6.07) is 6.01. The lowest BCUT2D eigenvalue weighted by molar-refractivity contribution is -0.124. The Balaban J connectivity index is 2.06. The van der Waals surface area contributed by atoms with Crippen molar-refractivity contribution in [3.05, 3.63) is 29.8 Å². The van der Waals surface area contributed by atoms with Crippen LogP contribution in [0.15, 0.2) is 29.2 Å². The first-order valence-electron chi connectivity index (χ1n) is 9.08. The van der Waals surface area contributed by atoms with Gasteiger partial charge in [-0.15, -0.1) is 0 Å². The zero-order chi connectivity index (χ0) is 18.6. The summed E-state index contributed by atoms with van der Waals surface area (Å²) in [6.45, 7) is 7.83. The molecular formula is C19H30N2O3S. The highest BCUT2D eigenvalue weighted by atomic mass is 32.2. The third kappa shape index (κ3) is 5.54. The van der Waals surface area contributed by atoms with Gasteiger partial charge in [-0.05, 0) is 56.6 Å². The van der Waals surface area contributed by atoms with E-state index in [2.05, 4.69) is 17.0 Å². The van der Waals surface area contributed by atoms with Crippen LogP contribution in [0, 0.1) is 18.8 Å². The fourth-order valence-electron chi connectivity index (χ4n) is 3.14. The number of carbonyl (C=O) groups excluding carboxylic acids is 1. The minimum Gasteiger partial charge on any atom is -0.352 e. The first kappa shape index (κ1) is 19.9. The number of hydrogen-bond acceptors (Lipinski definition) is 3. The summed E-state index contributed by atoms with van der Waals surface area (Å²) < 4.78 is 27.8. The molecule has 1 aromatic rings. The van der Waals surface area contributed by atoms with Crippen LogP contribution < -0.4 is 10.0 Å². The molecule has 6 heteroatoms. The van der Waals surface area contributed by atoms with Gasteiger partial charge < -0.3 is 5.32 Å². The molecule has 0 radical (unpaired) electrons. The number of nitrogens with one attached hydrogen (secondary N) is 2. The number of hydrogen-bond donors (Lipinski definition) is 2. The van der Waals surface area contributed by atoms with E-state index in [0.717, 1.165) is 31.2 Å². The van der Waals surface area contributed by atoms with Crippen LogP contribution in [0.2, 0.25) is 0 Å². The molecule has 0 bridgehead atoms. The van der Waals surface area contributed by atoms with E-state index in [1.807, 2.05) is 20.8 Å². The van der Waals surface area contributed by atoms with Gasteiger partial charge in [0.05, 0.1) is 4.90 Å². The SMILES string of the molecule is Cc1ccc(S(=O)(=O)N[C@H](C(=O)NC2CCC(C)CC2)C(C)C)cc1. The van der Waals surface area contributed by atoms with Gasteiger partial charge >= 0.3 is 0 Å². The summed E-state index contributed by atoms with van der Waals surface area (Å²) >= 11 is 0. The Kier molecular flexibility index (Phi) is 6.63. The molecule has 5 nitrogen and oxygen atoms in total. The lowest BCUT2D eigenvalue weighted by atomic mass is 9.87. The summed E-state index contributed by atoms with van der Waals surface area (Å²) in [5.74, 6) is 0.335. The van der Waals surface area contributed by atoms with E-state index >= 15 is 0 Å². The fourth-order valence-corrected chi connectivity index (χ4v) is 4.48. The minimum absolute atomic E-state index is 0.136. The predicted octanol–water partition coefficient (Wildman–Crippen LogP) is 2.99. The standard InChI is InChI=1S/C19H30N2O3S/c1-13(2)18(19(22)20-16-9-5-14(3)6-10-16)21-25(23,24)17-11-7-15(4)8-12-17/h7-8,11-14,16,18,21H,5-6,9-10H2,1-4H3,(H,20,22)/t14?,16?,18-/m0/s1. The van der Waals surface area contributed by atoms with Crippen molar-refractivity contribution in [2.45, 2.75) is 70.4 Å². The second-order valence-electron chi connectivity index (χ2n) is 7.62. The Hall–Kier alpha value is -1.40. The normalized spacial score (nSPS) is 22.6. The molecule has 0 heterocycles. The van der Waals surface area contributed by atoms with Gasteiger partial charge in [0.15, 0.2) is 0 Å². The van der Waals surface area contributed by atoms with Crippen molar-refractivity contribution in [1.29, 1.82) is 0 Å². The molecule has 0 spiro atoms. The van der Waals surface area contributed by atoms with Gasteiger partial charge in [-0.2, -0.15) is 4.72 Å². The number of benzene rings is 1. The monoisotopic (exact) mass is 366 g/mol. The summed E-state index contributed by atoms with van der Waals surface area (Å²) in [5, 5.41) is 3.04. The zero-order valence-corrected chi connectivity index (χ0v) is 16.4. The molecule has 25 heavy (non-hydrogen) atoms. The first-order chi connectivity index (χ1) is 11.7. The molecule has 1 aliphatic rings. The molecule has 1 saturated carbocycles. The smallest absolute Gasteiger partial charge is 0.241 e. The highest BCUT2D eigenvalue weighted by Gasteiger charge is 2.30. The van der Waals surface area contributed by atoms with Crippen molar-refractivity contribution in [3.63, 3.8) is 0 Å². The van der Waals surface area contributed by atoms with Gasteiger partial charge in [0.2, 0.25) is 15.9 Å². The van der Waals surface area contributed by atoms with Crippen LogP contribution >= 0.6 is 0 Å². The summed E-state index contributed by atoms with van der Waals surface area (Å²) in [5.41, 5.74) is 0.989. The van der Waals surface area contributed by atoms with Gasteiger partial charge in [-0.25, -0.2) is 8.42 Å². The molecule has 1 aliphatic carbocycles. The van der Waals surface area contributed by atoms with E-state index in [-0.39, 0.29) is 22.8 Å². The highest BCUT2D eigenvalue weighted by molar-refractivity contribution is 7.89. The molecule has 1 amide bonds. The number of amides is 1. The minimum atomic E-state index is -3.73. The zero-order valence-electron chi connectivity index (χ0n) is 15.6. The van der Waals surface area contributed by atoms with Gasteiger partial charge in [-0.3, -0.25) is 4.79 Å². The molecule has 1 aromatic carbocycles. The lowest BCUT2D eigenvalue weighted by Crippen LogP contribution is -2.52. The van der Waals surface area contributed by atoms with Crippen LogP contribution in [0.4, 0.5) is 0 Å². The molecule has 0 aliphatic heterocycles. The molecule has 2 rings (SSSR count). The predicted molar refractivity (Wildman–Crippen MR) is 99.7 cm³/mol. The van der Waals surface area contributed by atoms with Gasteiger partial charge in [0, 0.05) is 6.04 Å². The molecule has 140 valence electrons. The Morgan fingerprint density at radius 3 is 2.16 bits per heavy atom. The lowest BCUT2D eigenvalue weighted by Gasteiger charge is -2.29. The average molecular weight is 367 g/mol. The van der Waals surface area contributed by atoms with Crippen LogP contribution in [0.1, 0.15) is 52.0 Å². The Bertz CT molecular complexity index is 675. The second kappa shape index (κ2) is 8.32. The molecule has 0 aromatic heterocycles. The van der Waals surface area contributed by atoms with E-state index in [4.69, 9.17) is 0 Å². The number of aryl methyl sites for hydroxylation is 1. The highest BCUT2D eigenvalue weighted by Crippen LogP contribution is 2.23. The van der Waals surface area contributed by atoms with Crippen LogP contribution in [0.25, 0.3) is 0 Å².